The third-order valence-electron chi connectivity index (χ3n) is 3.41. The maximum absolute atomic E-state index is 12.1. The molecule has 0 aliphatic heterocycles. The summed E-state index contributed by atoms with van der Waals surface area (Å²) in [5, 5.41) is 2.80. The van der Waals surface area contributed by atoms with E-state index in [1.54, 1.807) is 12.4 Å². The number of thioether (sulfide) groups is 1. The summed E-state index contributed by atoms with van der Waals surface area (Å²) in [7, 11) is 0. The maximum Gasteiger partial charge on any atom is 0.288 e. The number of carbonyl (C=O) groups is 1. The summed E-state index contributed by atoms with van der Waals surface area (Å²) in [4.78, 5) is 17.0. The maximum atomic E-state index is 12.1. The van der Waals surface area contributed by atoms with Crippen LogP contribution in [0.15, 0.2) is 78.0 Å². The van der Waals surface area contributed by atoms with Crippen LogP contribution in [0.3, 0.4) is 0 Å². The zero-order valence-corrected chi connectivity index (χ0v) is 13.5. The minimum atomic E-state index is -0.124. The van der Waals surface area contributed by atoms with Gasteiger partial charge in [-0.05, 0) is 59.6 Å². The van der Waals surface area contributed by atoms with Gasteiger partial charge in [-0.15, -0.1) is 0 Å². The smallest absolute Gasteiger partial charge is 0.288 e. The summed E-state index contributed by atoms with van der Waals surface area (Å²) in [5.41, 5.74) is 4.22. The molecule has 1 aromatic heterocycles. The van der Waals surface area contributed by atoms with Gasteiger partial charge in [0.15, 0.2) is 0 Å². The Labute approximate surface area is 139 Å². The minimum Gasteiger partial charge on any atom is -0.317 e. The number of nitrogens with one attached hydrogen (secondary N) is 1. The predicted octanol–water partition coefficient (Wildman–Crippen LogP) is 5.38. The molecular weight excluding hydrogens is 304 g/mol. The second kappa shape index (κ2) is 7.11. The van der Waals surface area contributed by atoms with Crippen LogP contribution in [0.2, 0.25) is 0 Å². The number of aryl methyl sites for hydroxylation is 1. The van der Waals surface area contributed by atoms with Crippen LogP contribution < -0.4 is 5.32 Å². The normalized spacial score (nSPS) is 10.3. The van der Waals surface area contributed by atoms with Gasteiger partial charge in [0, 0.05) is 23.0 Å². The van der Waals surface area contributed by atoms with Gasteiger partial charge in [-0.1, -0.05) is 36.4 Å². The lowest BCUT2D eigenvalue weighted by molar-refractivity contribution is 0.270. The van der Waals surface area contributed by atoms with E-state index in [4.69, 9.17) is 0 Å². The summed E-state index contributed by atoms with van der Waals surface area (Å²) in [6.07, 6.45) is 3.36. The van der Waals surface area contributed by atoms with Gasteiger partial charge in [-0.2, -0.15) is 0 Å². The van der Waals surface area contributed by atoms with E-state index in [0.717, 1.165) is 33.5 Å². The first-order valence-electron chi connectivity index (χ1n) is 7.27. The number of nitrogens with zero attached hydrogens (tertiary/aromatic N) is 1. The van der Waals surface area contributed by atoms with Crippen molar-refractivity contribution in [3.8, 4) is 11.1 Å². The van der Waals surface area contributed by atoms with Crippen molar-refractivity contribution < 1.29 is 4.79 Å². The van der Waals surface area contributed by atoms with E-state index >= 15 is 0 Å². The van der Waals surface area contributed by atoms with Gasteiger partial charge in [-0.3, -0.25) is 9.78 Å². The predicted molar refractivity (Wildman–Crippen MR) is 95.7 cm³/mol. The molecule has 0 atom stereocenters. The number of pyridine rings is 1. The molecule has 0 aliphatic rings. The van der Waals surface area contributed by atoms with Crippen LogP contribution >= 0.6 is 11.8 Å². The quantitative estimate of drug-likeness (QED) is 0.659. The SMILES string of the molecule is Cc1ccc(NC(=O)Sc2cccnc2)cc1-c1ccccc1. The van der Waals surface area contributed by atoms with Crippen molar-refractivity contribution in [3.05, 3.63) is 78.6 Å². The van der Waals surface area contributed by atoms with Crippen LogP contribution in [-0.2, 0) is 0 Å². The van der Waals surface area contributed by atoms with E-state index in [1.165, 1.54) is 5.56 Å². The first-order chi connectivity index (χ1) is 11.2. The Morgan fingerprint density at radius 3 is 2.61 bits per heavy atom. The second-order valence-corrected chi connectivity index (χ2v) is 6.15. The highest BCUT2D eigenvalue weighted by atomic mass is 32.2. The molecule has 114 valence electrons. The van der Waals surface area contributed by atoms with Crippen LogP contribution in [0, 0.1) is 6.92 Å². The standard InChI is InChI=1S/C19H16N2OS/c1-14-9-10-16(12-18(14)15-6-3-2-4-7-15)21-19(22)23-17-8-5-11-20-13-17/h2-13H,1H3,(H,21,22). The number of rotatable bonds is 3. The fourth-order valence-electron chi connectivity index (χ4n) is 2.29. The Bertz CT molecular complexity index is 804. The third-order valence-corrected chi connectivity index (χ3v) is 4.18. The van der Waals surface area contributed by atoms with Crippen molar-refractivity contribution in [3.63, 3.8) is 0 Å². The molecule has 3 nitrogen and oxygen atoms in total. The molecule has 0 saturated carbocycles. The van der Waals surface area contributed by atoms with Gasteiger partial charge in [0.25, 0.3) is 5.24 Å². The number of hydrogen-bond donors (Lipinski definition) is 1. The number of hydrogen-bond acceptors (Lipinski definition) is 3. The Hall–Kier alpha value is -2.59. The topological polar surface area (TPSA) is 42.0 Å². The largest absolute Gasteiger partial charge is 0.317 e. The highest BCUT2D eigenvalue weighted by Crippen LogP contribution is 2.27. The molecule has 0 bridgehead atoms. The lowest BCUT2D eigenvalue weighted by Gasteiger charge is -2.10. The Morgan fingerprint density at radius 2 is 1.87 bits per heavy atom. The van der Waals surface area contributed by atoms with Gasteiger partial charge in [0.2, 0.25) is 0 Å². The average Bonchev–Trinajstić information content (AvgIpc) is 2.58. The lowest BCUT2D eigenvalue weighted by Crippen LogP contribution is -2.05. The Kier molecular flexibility index (Phi) is 4.74. The van der Waals surface area contributed by atoms with Crippen LogP contribution in [0.4, 0.5) is 10.5 Å². The zero-order chi connectivity index (χ0) is 16.1. The molecule has 0 radical (unpaired) electrons. The molecule has 1 N–H and O–H groups in total. The molecular formula is C19H16N2OS. The van der Waals surface area contributed by atoms with E-state index in [1.807, 2.05) is 48.5 Å². The molecule has 3 aromatic rings. The molecule has 23 heavy (non-hydrogen) atoms. The van der Waals surface area contributed by atoms with Crippen LogP contribution in [0.1, 0.15) is 5.56 Å². The monoisotopic (exact) mass is 320 g/mol. The molecule has 0 saturated heterocycles. The highest BCUT2D eigenvalue weighted by Gasteiger charge is 2.08. The van der Waals surface area contributed by atoms with Gasteiger partial charge >= 0.3 is 0 Å². The molecule has 2 aromatic carbocycles. The Morgan fingerprint density at radius 1 is 1.04 bits per heavy atom. The van der Waals surface area contributed by atoms with Gasteiger partial charge in [0.05, 0.1) is 0 Å². The summed E-state index contributed by atoms with van der Waals surface area (Å²) in [6.45, 7) is 2.07. The summed E-state index contributed by atoms with van der Waals surface area (Å²) in [5.74, 6) is 0. The van der Waals surface area contributed by atoms with Gasteiger partial charge < -0.3 is 5.32 Å². The molecule has 1 heterocycles. The molecule has 1 amide bonds. The van der Waals surface area contributed by atoms with E-state index < -0.39 is 0 Å². The first kappa shape index (κ1) is 15.3. The zero-order valence-electron chi connectivity index (χ0n) is 12.7. The second-order valence-electron chi connectivity index (χ2n) is 5.10. The molecule has 0 spiro atoms. The van der Waals surface area contributed by atoms with Crippen molar-refractivity contribution >= 4 is 22.7 Å². The highest BCUT2D eigenvalue weighted by molar-refractivity contribution is 8.13. The number of aromatic nitrogens is 1. The van der Waals surface area contributed by atoms with Gasteiger partial charge in [0.1, 0.15) is 0 Å². The molecule has 0 fully saturated rings. The fraction of sp³-hybridized carbons (Fsp3) is 0.0526. The number of amides is 1. The van der Waals surface area contributed by atoms with Gasteiger partial charge in [-0.25, -0.2) is 0 Å². The van der Waals surface area contributed by atoms with E-state index in [0.29, 0.717) is 0 Å². The molecule has 4 heteroatoms. The average molecular weight is 320 g/mol. The van der Waals surface area contributed by atoms with Crippen LogP contribution in [0.5, 0.6) is 0 Å². The molecule has 3 rings (SSSR count). The summed E-state index contributed by atoms with van der Waals surface area (Å²) >= 11 is 1.13. The molecule has 0 aliphatic carbocycles. The van der Waals surface area contributed by atoms with E-state index in [2.05, 4.69) is 29.4 Å². The number of carbonyl (C=O) groups excluding carboxylic acids is 1. The third kappa shape index (κ3) is 3.99. The lowest BCUT2D eigenvalue weighted by atomic mass is 10.00. The van der Waals surface area contributed by atoms with Crippen molar-refractivity contribution in [2.45, 2.75) is 11.8 Å². The fourth-order valence-corrected chi connectivity index (χ4v) is 2.93. The van der Waals surface area contributed by atoms with E-state index in [-0.39, 0.29) is 5.24 Å². The van der Waals surface area contributed by atoms with Crippen molar-refractivity contribution in [2.24, 2.45) is 0 Å². The summed E-state index contributed by atoms with van der Waals surface area (Å²) < 4.78 is 0. The minimum absolute atomic E-state index is 0.124. The van der Waals surface area contributed by atoms with E-state index in [9.17, 15) is 4.79 Å². The van der Waals surface area contributed by atoms with Crippen molar-refractivity contribution in [1.82, 2.24) is 4.98 Å². The summed E-state index contributed by atoms with van der Waals surface area (Å²) in [6, 6.07) is 19.8. The first-order valence-corrected chi connectivity index (χ1v) is 8.09. The molecule has 0 unspecified atom stereocenters. The van der Waals surface area contributed by atoms with Crippen molar-refractivity contribution in [1.29, 1.82) is 0 Å². The number of benzene rings is 2. The van der Waals surface area contributed by atoms with Crippen molar-refractivity contribution in [2.75, 3.05) is 5.32 Å². The Balaban J connectivity index is 1.77. The number of anilines is 1. The van der Waals surface area contributed by atoms with Crippen LogP contribution in [-0.4, -0.2) is 10.2 Å². The van der Waals surface area contributed by atoms with Crippen LogP contribution in [0.25, 0.3) is 11.1 Å².